The highest BCUT2D eigenvalue weighted by atomic mass is 35.5. The number of imide groups is 1. The average Bonchev–Trinajstić information content (AvgIpc) is 3.51. The van der Waals surface area contributed by atoms with Gasteiger partial charge in [-0.3, -0.25) is 14.4 Å². The van der Waals surface area contributed by atoms with Crippen LogP contribution in [0.5, 0.6) is 5.75 Å². The number of halogens is 1. The molecule has 2 aliphatic rings. The monoisotopic (exact) mass is 426 g/mol. The second kappa shape index (κ2) is 8.48. The van der Waals surface area contributed by atoms with Gasteiger partial charge in [0.15, 0.2) is 0 Å². The lowest BCUT2D eigenvalue weighted by Gasteiger charge is -2.27. The van der Waals surface area contributed by atoms with Crippen LogP contribution in [-0.4, -0.2) is 41.3 Å². The van der Waals surface area contributed by atoms with E-state index in [1.54, 1.807) is 53.4 Å². The van der Waals surface area contributed by atoms with E-state index in [1.165, 1.54) is 4.90 Å². The van der Waals surface area contributed by atoms with Gasteiger partial charge in [-0.2, -0.15) is 0 Å². The van der Waals surface area contributed by atoms with Crippen LogP contribution in [0, 0.1) is 0 Å². The van der Waals surface area contributed by atoms with Gasteiger partial charge in [0.25, 0.3) is 5.91 Å². The Hall–Kier alpha value is -2.86. The molecule has 0 spiro atoms. The van der Waals surface area contributed by atoms with Crippen molar-refractivity contribution in [2.45, 2.75) is 44.7 Å². The lowest BCUT2D eigenvalue weighted by Crippen LogP contribution is -2.47. The van der Waals surface area contributed by atoms with Crippen molar-refractivity contribution in [1.29, 1.82) is 0 Å². The summed E-state index contributed by atoms with van der Waals surface area (Å²) in [5.41, 5.74) is 1.33. The molecular weight excluding hydrogens is 404 g/mol. The van der Waals surface area contributed by atoms with Gasteiger partial charge in [0, 0.05) is 11.1 Å². The largest absolute Gasteiger partial charge is 0.494 e. The number of ether oxygens (including phenoxy) is 1. The lowest BCUT2D eigenvalue weighted by molar-refractivity contribution is -0.138. The topological polar surface area (TPSA) is 66.9 Å². The van der Waals surface area contributed by atoms with Crippen molar-refractivity contribution in [2.75, 3.05) is 11.5 Å². The summed E-state index contributed by atoms with van der Waals surface area (Å²) < 4.78 is 5.42. The van der Waals surface area contributed by atoms with E-state index < -0.39 is 6.04 Å². The van der Waals surface area contributed by atoms with Crippen LogP contribution in [0.25, 0.3) is 0 Å². The quantitative estimate of drug-likeness (QED) is 0.634. The number of hydrogen-bond acceptors (Lipinski definition) is 4. The molecule has 0 N–H and O–H groups in total. The molecule has 0 aromatic heterocycles. The molecule has 4 rings (SSSR count). The molecule has 2 aromatic carbocycles. The van der Waals surface area contributed by atoms with Crippen LogP contribution in [0.4, 0.5) is 5.69 Å². The summed E-state index contributed by atoms with van der Waals surface area (Å²) in [6.07, 6.45) is 1.89. The molecule has 2 fully saturated rings. The molecule has 6 nitrogen and oxygen atoms in total. The first-order valence-electron chi connectivity index (χ1n) is 10.1. The van der Waals surface area contributed by atoms with Gasteiger partial charge in [0.2, 0.25) is 11.8 Å². The summed E-state index contributed by atoms with van der Waals surface area (Å²) in [5, 5.41) is 0.604. The maximum atomic E-state index is 13.2. The molecule has 7 heteroatoms. The van der Waals surface area contributed by atoms with Gasteiger partial charge in [-0.1, -0.05) is 23.7 Å². The van der Waals surface area contributed by atoms with Crippen molar-refractivity contribution in [1.82, 2.24) is 4.90 Å². The fourth-order valence-corrected chi connectivity index (χ4v) is 3.94. The van der Waals surface area contributed by atoms with Gasteiger partial charge in [-0.25, -0.2) is 4.90 Å². The van der Waals surface area contributed by atoms with Gasteiger partial charge in [-0.15, -0.1) is 0 Å². The van der Waals surface area contributed by atoms with Crippen LogP contribution >= 0.6 is 11.6 Å². The van der Waals surface area contributed by atoms with Gasteiger partial charge in [-0.05, 0) is 61.7 Å². The highest BCUT2D eigenvalue weighted by Crippen LogP contribution is 2.35. The van der Waals surface area contributed by atoms with E-state index in [1.807, 2.05) is 6.92 Å². The first-order valence-corrected chi connectivity index (χ1v) is 10.5. The van der Waals surface area contributed by atoms with Crippen molar-refractivity contribution in [3.63, 3.8) is 0 Å². The number of anilines is 1. The first-order chi connectivity index (χ1) is 14.5. The summed E-state index contributed by atoms with van der Waals surface area (Å²) in [7, 11) is 0. The average molecular weight is 427 g/mol. The highest BCUT2D eigenvalue weighted by molar-refractivity contribution is 6.30. The summed E-state index contributed by atoms with van der Waals surface area (Å²) in [6.45, 7) is 2.43. The highest BCUT2D eigenvalue weighted by Gasteiger charge is 2.48. The Morgan fingerprint density at radius 3 is 2.37 bits per heavy atom. The third-order valence-corrected chi connectivity index (χ3v) is 5.61. The molecule has 30 heavy (non-hydrogen) atoms. The minimum atomic E-state index is -0.753. The number of benzene rings is 2. The Kier molecular flexibility index (Phi) is 5.77. The second-order valence-corrected chi connectivity index (χ2v) is 7.99. The van der Waals surface area contributed by atoms with Gasteiger partial charge >= 0.3 is 0 Å². The Bertz CT molecular complexity index is 954. The van der Waals surface area contributed by atoms with E-state index in [9.17, 15) is 14.4 Å². The molecule has 0 bridgehead atoms. The lowest BCUT2D eigenvalue weighted by atomic mass is 10.1. The normalized spacial score (nSPS) is 18.6. The van der Waals surface area contributed by atoms with Crippen molar-refractivity contribution in [2.24, 2.45) is 0 Å². The Balaban J connectivity index is 1.52. The van der Waals surface area contributed by atoms with E-state index >= 15 is 0 Å². The number of nitrogens with zero attached hydrogens (tertiary/aromatic N) is 2. The summed E-state index contributed by atoms with van der Waals surface area (Å²) in [4.78, 5) is 41.7. The molecule has 3 amide bonds. The van der Waals surface area contributed by atoms with Gasteiger partial charge in [0.05, 0.1) is 25.1 Å². The van der Waals surface area contributed by atoms with E-state index in [-0.39, 0.29) is 36.6 Å². The SMILES string of the molecule is CCOc1ccc(N2C(=O)CC(N(C(=O)Cc3ccc(Cl)cc3)C3CC3)C2=O)cc1. The zero-order chi connectivity index (χ0) is 21.3. The predicted octanol–water partition coefficient (Wildman–Crippen LogP) is 3.60. The number of carbonyl (C=O) groups is 3. The molecule has 1 saturated heterocycles. The Morgan fingerprint density at radius 1 is 1.10 bits per heavy atom. The molecule has 1 unspecified atom stereocenters. The van der Waals surface area contributed by atoms with Crippen LogP contribution in [-0.2, 0) is 20.8 Å². The number of hydrogen-bond donors (Lipinski definition) is 0. The maximum absolute atomic E-state index is 13.2. The second-order valence-electron chi connectivity index (χ2n) is 7.55. The van der Waals surface area contributed by atoms with Crippen molar-refractivity contribution in [3.8, 4) is 5.75 Å². The number of carbonyl (C=O) groups excluding carboxylic acids is 3. The Labute approximate surface area is 180 Å². The summed E-state index contributed by atoms with van der Waals surface area (Å²) >= 11 is 5.92. The third kappa shape index (κ3) is 4.19. The smallest absolute Gasteiger partial charge is 0.257 e. The van der Waals surface area contributed by atoms with Crippen molar-refractivity contribution in [3.05, 3.63) is 59.1 Å². The molecular formula is C23H23ClN2O4. The third-order valence-electron chi connectivity index (χ3n) is 5.36. The molecule has 1 heterocycles. The standard InChI is InChI=1S/C23H23ClN2O4/c1-2-30-19-11-9-18(10-12-19)26-22(28)14-20(23(26)29)25(17-7-8-17)21(27)13-15-3-5-16(24)6-4-15/h3-6,9-12,17,20H,2,7-8,13-14H2,1H3. The summed E-state index contributed by atoms with van der Waals surface area (Å²) in [5.74, 6) is -0.103. The molecule has 1 aliphatic carbocycles. The molecule has 0 radical (unpaired) electrons. The fourth-order valence-electron chi connectivity index (χ4n) is 3.82. The van der Waals surface area contributed by atoms with Crippen molar-refractivity contribution >= 4 is 35.0 Å². The number of amides is 3. The molecule has 1 atom stereocenters. The zero-order valence-corrected chi connectivity index (χ0v) is 17.5. The molecule has 1 saturated carbocycles. The first kappa shape index (κ1) is 20.4. The van der Waals surface area contributed by atoms with Crippen LogP contribution in [0.1, 0.15) is 31.7 Å². The molecule has 1 aliphatic heterocycles. The minimum Gasteiger partial charge on any atom is -0.494 e. The number of rotatable bonds is 7. The van der Waals surface area contributed by atoms with Crippen LogP contribution < -0.4 is 9.64 Å². The van der Waals surface area contributed by atoms with E-state index in [2.05, 4.69) is 0 Å². The fraction of sp³-hybridized carbons (Fsp3) is 0.348. The molecule has 2 aromatic rings. The van der Waals surface area contributed by atoms with E-state index in [4.69, 9.17) is 16.3 Å². The van der Waals surface area contributed by atoms with Crippen molar-refractivity contribution < 1.29 is 19.1 Å². The minimum absolute atomic E-state index is 0.00883. The van der Waals surface area contributed by atoms with Crippen LogP contribution in [0.2, 0.25) is 5.02 Å². The van der Waals surface area contributed by atoms with E-state index in [0.717, 1.165) is 18.4 Å². The van der Waals surface area contributed by atoms with Gasteiger partial charge < -0.3 is 9.64 Å². The zero-order valence-electron chi connectivity index (χ0n) is 16.7. The molecule has 156 valence electrons. The Morgan fingerprint density at radius 2 is 1.77 bits per heavy atom. The maximum Gasteiger partial charge on any atom is 0.257 e. The predicted molar refractivity (Wildman–Crippen MR) is 114 cm³/mol. The van der Waals surface area contributed by atoms with Crippen LogP contribution in [0.15, 0.2) is 48.5 Å². The summed E-state index contributed by atoms with van der Waals surface area (Å²) in [6, 6.07) is 13.2. The van der Waals surface area contributed by atoms with Gasteiger partial charge in [0.1, 0.15) is 11.8 Å². The van der Waals surface area contributed by atoms with Crippen LogP contribution in [0.3, 0.4) is 0 Å². The van der Waals surface area contributed by atoms with E-state index in [0.29, 0.717) is 23.1 Å².